The molecule has 1 aromatic heterocycles. The van der Waals surface area contributed by atoms with Crippen molar-refractivity contribution in [2.75, 3.05) is 5.32 Å². The molecule has 1 atom stereocenters. The van der Waals surface area contributed by atoms with Crippen LogP contribution < -0.4 is 10.6 Å². The number of nitrogens with one attached hydrogen (secondary N) is 2. The van der Waals surface area contributed by atoms with E-state index in [-0.39, 0.29) is 6.04 Å². The Bertz CT molecular complexity index is 764. The molecule has 120 valence electrons. The molecule has 0 aliphatic carbocycles. The fraction of sp³-hybridized carbons (Fsp3) is 0.100. The molecule has 0 aliphatic heterocycles. The van der Waals surface area contributed by atoms with Crippen molar-refractivity contribution < 1.29 is 0 Å². The molecule has 3 nitrogen and oxygen atoms in total. The number of hydrogen-bond donors (Lipinski definition) is 2. The lowest BCUT2D eigenvalue weighted by molar-refractivity contribution is 0.767. The van der Waals surface area contributed by atoms with Crippen LogP contribution in [0.1, 0.15) is 22.7 Å². The molecule has 2 N–H and O–H groups in total. The summed E-state index contributed by atoms with van der Waals surface area (Å²) in [5.41, 5.74) is 4.44. The predicted molar refractivity (Wildman–Crippen MR) is 103 cm³/mol. The third-order valence-electron chi connectivity index (χ3n) is 3.72. The molecular formula is C20H19N3S. The smallest absolute Gasteiger partial charge is 0.171 e. The van der Waals surface area contributed by atoms with Crippen LogP contribution in [0.15, 0.2) is 79.1 Å². The number of nitrogens with zero attached hydrogens (tertiary/aromatic N) is 1. The first kappa shape index (κ1) is 16.1. The van der Waals surface area contributed by atoms with Crippen LogP contribution >= 0.6 is 12.2 Å². The zero-order valence-corrected chi connectivity index (χ0v) is 14.3. The Morgan fingerprint density at radius 3 is 2.33 bits per heavy atom. The highest BCUT2D eigenvalue weighted by Gasteiger charge is 2.15. The van der Waals surface area contributed by atoms with Crippen LogP contribution in [0.2, 0.25) is 0 Å². The molecule has 2 aromatic carbocycles. The van der Waals surface area contributed by atoms with Gasteiger partial charge in [-0.25, -0.2) is 0 Å². The van der Waals surface area contributed by atoms with E-state index in [1.54, 1.807) is 12.4 Å². The summed E-state index contributed by atoms with van der Waals surface area (Å²) < 4.78 is 0. The maximum Gasteiger partial charge on any atom is 0.171 e. The van der Waals surface area contributed by atoms with E-state index in [1.165, 1.54) is 5.56 Å². The van der Waals surface area contributed by atoms with Gasteiger partial charge in [-0.3, -0.25) is 4.98 Å². The van der Waals surface area contributed by atoms with Gasteiger partial charge in [0.25, 0.3) is 0 Å². The molecule has 3 aromatic rings. The normalized spacial score (nSPS) is 11.5. The third kappa shape index (κ3) is 4.18. The van der Waals surface area contributed by atoms with Crippen molar-refractivity contribution in [1.29, 1.82) is 0 Å². The number of pyridine rings is 1. The van der Waals surface area contributed by atoms with Crippen molar-refractivity contribution in [3.63, 3.8) is 0 Å². The summed E-state index contributed by atoms with van der Waals surface area (Å²) in [5, 5.41) is 7.26. The van der Waals surface area contributed by atoms with Gasteiger partial charge in [-0.2, -0.15) is 0 Å². The Hall–Kier alpha value is -2.72. The SMILES string of the molecule is Cc1cccc(NC(=S)N[C@@H](c2ccccc2)c2ccncc2)c1. The van der Waals surface area contributed by atoms with Crippen LogP contribution in [0.4, 0.5) is 5.69 Å². The van der Waals surface area contributed by atoms with Gasteiger partial charge >= 0.3 is 0 Å². The van der Waals surface area contributed by atoms with Gasteiger partial charge in [-0.15, -0.1) is 0 Å². The van der Waals surface area contributed by atoms with E-state index in [9.17, 15) is 0 Å². The quantitative estimate of drug-likeness (QED) is 0.691. The summed E-state index contributed by atoms with van der Waals surface area (Å²) in [6.45, 7) is 2.06. The van der Waals surface area contributed by atoms with Gasteiger partial charge in [-0.05, 0) is 60.1 Å². The minimum Gasteiger partial charge on any atom is -0.352 e. The van der Waals surface area contributed by atoms with Crippen LogP contribution in [0.25, 0.3) is 0 Å². The molecule has 0 fully saturated rings. The van der Waals surface area contributed by atoms with E-state index in [4.69, 9.17) is 12.2 Å². The number of aromatic nitrogens is 1. The fourth-order valence-electron chi connectivity index (χ4n) is 2.58. The summed E-state index contributed by atoms with van der Waals surface area (Å²) in [6, 6.07) is 22.4. The monoisotopic (exact) mass is 333 g/mol. The maximum atomic E-state index is 5.52. The highest BCUT2D eigenvalue weighted by molar-refractivity contribution is 7.80. The van der Waals surface area contributed by atoms with Crippen LogP contribution in [0, 0.1) is 6.92 Å². The van der Waals surface area contributed by atoms with Crippen molar-refractivity contribution in [2.24, 2.45) is 0 Å². The van der Waals surface area contributed by atoms with Crippen LogP contribution in [-0.4, -0.2) is 10.1 Å². The third-order valence-corrected chi connectivity index (χ3v) is 3.94. The van der Waals surface area contributed by atoms with Gasteiger partial charge in [0.15, 0.2) is 5.11 Å². The van der Waals surface area contributed by atoms with E-state index in [2.05, 4.69) is 46.8 Å². The first-order valence-electron chi connectivity index (χ1n) is 7.81. The average Bonchev–Trinajstić information content (AvgIpc) is 2.61. The Kier molecular flexibility index (Phi) is 5.18. The van der Waals surface area contributed by atoms with Gasteiger partial charge in [0.05, 0.1) is 6.04 Å². The van der Waals surface area contributed by atoms with Crippen molar-refractivity contribution in [3.8, 4) is 0 Å². The molecule has 24 heavy (non-hydrogen) atoms. The van der Waals surface area contributed by atoms with Gasteiger partial charge < -0.3 is 10.6 Å². The number of aryl methyl sites for hydroxylation is 1. The Morgan fingerprint density at radius 2 is 1.62 bits per heavy atom. The molecular weight excluding hydrogens is 314 g/mol. The summed E-state index contributed by atoms with van der Waals surface area (Å²) in [4.78, 5) is 4.10. The average molecular weight is 333 g/mol. The summed E-state index contributed by atoms with van der Waals surface area (Å²) in [6.07, 6.45) is 3.59. The van der Waals surface area contributed by atoms with Crippen LogP contribution in [0.5, 0.6) is 0 Å². The van der Waals surface area contributed by atoms with E-state index in [0.29, 0.717) is 5.11 Å². The molecule has 0 amide bonds. The lowest BCUT2D eigenvalue weighted by Crippen LogP contribution is -2.33. The van der Waals surface area contributed by atoms with E-state index in [1.807, 2.05) is 42.5 Å². The van der Waals surface area contributed by atoms with Crippen molar-refractivity contribution in [1.82, 2.24) is 10.3 Å². The van der Waals surface area contributed by atoms with Crippen molar-refractivity contribution >= 4 is 23.0 Å². The number of benzene rings is 2. The van der Waals surface area contributed by atoms with Crippen LogP contribution in [0.3, 0.4) is 0 Å². The largest absolute Gasteiger partial charge is 0.352 e. The summed E-state index contributed by atoms with van der Waals surface area (Å²) >= 11 is 5.52. The maximum absolute atomic E-state index is 5.52. The molecule has 0 spiro atoms. The molecule has 0 radical (unpaired) electrons. The van der Waals surface area contributed by atoms with E-state index < -0.39 is 0 Å². The Labute approximate surface area is 147 Å². The molecule has 3 rings (SSSR count). The standard InChI is InChI=1S/C20H19N3S/c1-15-6-5-9-18(14-15)22-20(24)23-19(16-7-3-2-4-8-16)17-10-12-21-13-11-17/h2-14,19H,1H3,(H2,22,23,24)/t19-/m0/s1. The predicted octanol–water partition coefficient (Wildman–Crippen LogP) is 4.47. The molecule has 0 bridgehead atoms. The number of rotatable bonds is 4. The van der Waals surface area contributed by atoms with Gasteiger partial charge in [0, 0.05) is 18.1 Å². The van der Waals surface area contributed by atoms with Crippen molar-refractivity contribution in [3.05, 3.63) is 95.8 Å². The topological polar surface area (TPSA) is 37.0 Å². The lowest BCUT2D eigenvalue weighted by atomic mass is 10.00. The molecule has 0 saturated heterocycles. The number of anilines is 1. The second-order valence-electron chi connectivity index (χ2n) is 5.59. The molecule has 4 heteroatoms. The first-order valence-corrected chi connectivity index (χ1v) is 8.22. The number of hydrogen-bond acceptors (Lipinski definition) is 2. The molecule has 0 saturated carbocycles. The highest BCUT2D eigenvalue weighted by Crippen LogP contribution is 2.21. The number of thiocarbonyl (C=S) groups is 1. The Balaban J connectivity index is 1.80. The van der Waals surface area contributed by atoms with E-state index >= 15 is 0 Å². The second kappa shape index (κ2) is 7.70. The molecule has 1 heterocycles. The summed E-state index contributed by atoms with van der Waals surface area (Å²) in [7, 11) is 0. The minimum atomic E-state index is -0.0287. The Morgan fingerprint density at radius 1 is 0.917 bits per heavy atom. The van der Waals surface area contributed by atoms with Gasteiger partial charge in [0.2, 0.25) is 0 Å². The summed E-state index contributed by atoms with van der Waals surface area (Å²) in [5.74, 6) is 0. The minimum absolute atomic E-state index is 0.0287. The first-order chi connectivity index (χ1) is 11.7. The zero-order valence-electron chi connectivity index (χ0n) is 13.4. The lowest BCUT2D eigenvalue weighted by Gasteiger charge is -2.22. The van der Waals surface area contributed by atoms with E-state index in [0.717, 1.165) is 16.8 Å². The van der Waals surface area contributed by atoms with Gasteiger partial charge in [-0.1, -0.05) is 42.5 Å². The zero-order chi connectivity index (χ0) is 16.8. The fourth-order valence-corrected chi connectivity index (χ4v) is 2.82. The van der Waals surface area contributed by atoms with Gasteiger partial charge in [0.1, 0.15) is 0 Å². The van der Waals surface area contributed by atoms with Crippen molar-refractivity contribution in [2.45, 2.75) is 13.0 Å². The second-order valence-corrected chi connectivity index (χ2v) is 6.00. The van der Waals surface area contributed by atoms with Crippen LogP contribution in [-0.2, 0) is 0 Å². The molecule has 0 aliphatic rings. The highest BCUT2D eigenvalue weighted by atomic mass is 32.1. The molecule has 0 unspecified atom stereocenters.